The molecule has 0 aliphatic carbocycles. The molecule has 0 atom stereocenters. The molecule has 0 saturated heterocycles. The van der Waals surface area contributed by atoms with Crippen LogP contribution < -0.4 is 10.3 Å². The largest absolute Gasteiger partial charge is 0.448 e. The lowest BCUT2D eigenvalue weighted by Gasteiger charge is -2.07. The van der Waals surface area contributed by atoms with Crippen molar-refractivity contribution in [1.82, 2.24) is 9.79 Å². The number of rotatable bonds is 5. The summed E-state index contributed by atoms with van der Waals surface area (Å²) >= 11 is 0. The molecule has 1 N–H and O–H groups in total. The van der Waals surface area contributed by atoms with Crippen LogP contribution >= 0.6 is 0 Å². The zero-order valence-corrected chi connectivity index (χ0v) is 13.5. The maximum atomic E-state index is 12.8. The Hall–Kier alpha value is -2.39. The van der Waals surface area contributed by atoms with Gasteiger partial charge in [-0.25, -0.2) is 17.1 Å². The van der Waals surface area contributed by atoms with E-state index in [1.165, 1.54) is 45.3 Å². The van der Waals surface area contributed by atoms with Crippen molar-refractivity contribution in [2.75, 3.05) is 14.1 Å². The quantitative estimate of drug-likeness (QED) is 0.836. The van der Waals surface area contributed by atoms with Crippen molar-refractivity contribution in [3.8, 4) is 5.75 Å². The van der Waals surface area contributed by atoms with Crippen molar-refractivity contribution in [3.63, 3.8) is 0 Å². The fourth-order valence-corrected chi connectivity index (χ4v) is 2.51. The summed E-state index contributed by atoms with van der Waals surface area (Å²) in [5.74, 6) is -0.767. The number of furan rings is 1. The topological polar surface area (TPSA) is 88.9 Å². The van der Waals surface area contributed by atoms with E-state index in [1.807, 2.05) is 0 Å². The van der Waals surface area contributed by atoms with E-state index in [0.29, 0.717) is 0 Å². The van der Waals surface area contributed by atoms with Crippen LogP contribution in [0, 0.1) is 12.7 Å². The lowest BCUT2D eigenvalue weighted by atomic mass is 10.2. The summed E-state index contributed by atoms with van der Waals surface area (Å²) in [7, 11) is -1.08. The number of nitrogens with one attached hydrogen (secondary N) is 1. The van der Waals surface area contributed by atoms with Gasteiger partial charge < -0.3 is 9.25 Å². The molecule has 1 aromatic heterocycles. The SMILES string of the molecule is Cc1oc(S(=O)(=O)N(C)C)cc1C(=O)NOc1ccc(F)cc1. The van der Waals surface area contributed by atoms with Crippen LogP contribution in [0.4, 0.5) is 4.39 Å². The lowest BCUT2D eigenvalue weighted by molar-refractivity contribution is 0.0758. The number of nitrogens with zero attached hydrogens (tertiary/aromatic N) is 1. The number of carbonyl (C=O) groups excluding carboxylic acids is 1. The Morgan fingerprint density at radius 1 is 1.26 bits per heavy atom. The van der Waals surface area contributed by atoms with E-state index in [0.717, 1.165) is 10.4 Å². The Kier molecular flexibility index (Phi) is 4.71. The van der Waals surface area contributed by atoms with Gasteiger partial charge in [0.05, 0.1) is 5.56 Å². The monoisotopic (exact) mass is 342 g/mol. The van der Waals surface area contributed by atoms with E-state index in [-0.39, 0.29) is 22.2 Å². The van der Waals surface area contributed by atoms with Crippen LogP contribution in [0.25, 0.3) is 0 Å². The summed E-state index contributed by atoms with van der Waals surface area (Å²) in [5.41, 5.74) is 2.16. The second-order valence-corrected chi connectivity index (χ2v) is 6.89. The molecule has 0 aliphatic heterocycles. The number of carbonyl (C=O) groups is 1. The Morgan fingerprint density at radius 2 is 1.87 bits per heavy atom. The van der Waals surface area contributed by atoms with Crippen LogP contribution in [-0.2, 0) is 10.0 Å². The number of amides is 1. The molecule has 1 aromatic carbocycles. The van der Waals surface area contributed by atoms with E-state index in [1.54, 1.807) is 0 Å². The molecule has 0 spiro atoms. The van der Waals surface area contributed by atoms with Gasteiger partial charge in [-0.2, -0.15) is 5.48 Å². The first-order chi connectivity index (χ1) is 10.7. The van der Waals surface area contributed by atoms with Crippen LogP contribution in [0.5, 0.6) is 5.75 Å². The first-order valence-electron chi connectivity index (χ1n) is 6.47. The first kappa shape index (κ1) is 17.0. The zero-order chi connectivity index (χ0) is 17.2. The third-order valence-electron chi connectivity index (χ3n) is 2.95. The maximum Gasteiger partial charge on any atom is 0.287 e. The average molecular weight is 342 g/mol. The van der Waals surface area contributed by atoms with Crippen molar-refractivity contribution in [1.29, 1.82) is 0 Å². The summed E-state index contributed by atoms with van der Waals surface area (Å²) in [4.78, 5) is 17.0. The normalized spacial score (nSPS) is 11.5. The molecule has 0 aliphatic rings. The molecule has 2 aromatic rings. The van der Waals surface area contributed by atoms with Crippen molar-refractivity contribution in [2.24, 2.45) is 0 Å². The predicted octanol–water partition coefficient (Wildman–Crippen LogP) is 1.70. The molecule has 0 bridgehead atoms. The molecule has 23 heavy (non-hydrogen) atoms. The van der Waals surface area contributed by atoms with Crippen molar-refractivity contribution < 1.29 is 26.9 Å². The maximum absolute atomic E-state index is 12.8. The van der Waals surface area contributed by atoms with Gasteiger partial charge >= 0.3 is 0 Å². The van der Waals surface area contributed by atoms with Crippen LogP contribution in [0.1, 0.15) is 16.1 Å². The Bertz CT molecular complexity index is 812. The third kappa shape index (κ3) is 3.69. The van der Waals surface area contributed by atoms with Gasteiger partial charge in [0.1, 0.15) is 11.6 Å². The highest BCUT2D eigenvalue weighted by atomic mass is 32.2. The molecule has 0 radical (unpaired) electrons. The molecule has 1 amide bonds. The van der Waals surface area contributed by atoms with Crippen molar-refractivity contribution in [3.05, 3.63) is 47.5 Å². The highest BCUT2D eigenvalue weighted by Crippen LogP contribution is 2.21. The second kappa shape index (κ2) is 6.39. The molecule has 7 nitrogen and oxygen atoms in total. The number of benzene rings is 1. The molecular formula is C14H15FN2O5S. The number of hydrogen-bond donors (Lipinski definition) is 1. The van der Waals surface area contributed by atoms with E-state index < -0.39 is 21.7 Å². The van der Waals surface area contributed by atoms with Gasteiger partial charge in [-0.05, 0) is 31.2 Å². The van der Waals surface area contributed by atoms with Gasteiger partial charge in [-0.3, -0.25) is 4.79 Å². The number of hydrogen-bond acceptors (Lipinski definition) is 5. The van der Waals surface area contributed by atoms with Crippen LogP contribution in [0.3, 0.4) is 0 Å². The smallest absolute Gasteiger partial charge is 0.287 e. The molecule has 0 unspecified atom stereocenters. The van der Waals surface area contributed by atoms with E-state index in [9.17, 15) is 17.6 Å². The van der Waals surface area contributed by atoms with E-state index in [4.69, 9.17) is 9.25 Å². The van der Waals surface area contributed by atoms with Crippen LogP contribution in [-0.4, -0.2) is 32.7 Å². The Morgan fingerprint density at radius 3 is 2.43 bits per heavy atom. The molecule has 0 fully saturated rings. The lowest BCUT2D eigenvalue weighted by Crippen LogP contribution is -2.27. The van der Waals surface area contributed by atoms with Crippen molar-refractivity contribution >= 4 is 15.9 Å². The molecule has 2 rings (SSSR count). The van der Waals surface area contributed by atoms with Crippen LogP contribution in [0.15, 0.2) is 39.8 Å². The summed E-state index contributed by atoms with van der Waals surface area (Å²) in [6.07, 6.45) is 0. The highest BCUT2D eigenvalue weighted by molar-refractivity contribution is 7.88. The van der Waals surface area contributed by atoms with Crippen molar-refractivity contribution in [2.45, 2.75) is 12.0 Å². The van der Waals surface area contributed by atoms with Gasteiger partial charge in [0, 0.05) is 20.2 Å². The zero-order valence-electron chi connectivity index (χ0n) is 12.7. The number of sulfonamides is 1. The number of hydroxylamine groups is 1. The summed E-state index contributed by atoms with van der Waals surface area (Å²) < 4.78 is 42.8. The summed E-state index contributed by atoms with van der Waals surface area (Å²) in [6, 6.07) is 6.13. The van der Waals surface area contributed by atoms with Gasteiger partial charge in [0.25, 0.3) is 15.9 Å². The number of halogens is 1. The fraction of sp³-hybridized carbons (Fsp3) is 0.214. The Balaban J connectivity index is 2.14. The average Bonchev–Trinajstić information content (AvgIpc) is 2.89. The summed E-state index contributed by atoms with van der Waals surface area (Å²) in [6.45, 7) is 1.46. The molecule has 9 heteroatoms. The highest BCUT2D eigenvalue weighted by Gasteiger charge is 2.25. The van der Waals surface area contributed by atoms with Gasteiger partial charge in [-0.15, -0.1) is 0 Å². The molecule has 0 saturated carbocycles. The van der Waals surface area contributed by atoms with E-state index in [2.05, 4.69) is 5.48 Å². The van der Waals surface area contributed by atoms with Gasteiger partial charge in [0.15, 0.2) is 5.75 Å². The second-order valence-electron chi connectivity index (χ2n) is 4.81. The minimum atomic E-state index is -3.78. The summed E-state index contributed by atoms with van der Waals surface area (Å²) in [5, 5.41) is -0.341. The third-order valence-corrected chi connectivity index (χ3v) is 4.62. The predicted molar refractivity (Wildman–Crippen MR) is 78.8 cm³/mol. The van der Waals surface area contributed by atoms with E-state index >= 15 is 0 Å². The van der Waals surface area contributed by atoms with Gasteiger partial charge in [0.2, 0.25) is 5.09 Å². The van der Waals surface area contributed by atoms with Crippen LogP contribution in [0.2, 0.25) is 0 Å². The first-order valence-corrected chi connectivity index (χ1v) is 7.91. The number of aryl methyl sites for hydroxylation is 1. The fourth-order valence-electron chi connectivity index (χ4n) is 1.65. The minimum absolute atomic E-state index is 0.0209. The molecule has 124 valence electrons. The van der Waals surface area contributed by atoms with Gasteiger partial charge in [-0.1, -0.05) is 0 Å². The molecule has 1 heterocycles. The standard InChI is InChI=1S/C14H15FN2O5S/c1-9-12(8-13(21-9)23(19,20)17(2)3)14(18)16-22-11-6-4-10(15)5-7-11/h4-8H,1-3H3,(H,16,18). The minimum Gasteiger partial charge on any atom is -0.448 e. The Labute approximate surface area is 132 Å². The molecular weight excluding hydrogens is 327 g/mol.